The van der Waals surface area contributed by atoms with Crippen molar-refractivity contribution >= 4 is 11.5 Å². The summed E-state index contributed by atoms with van der Waals surface area (Å²) in [5.41, 5.74) is 1.56. The van der Waals surface area contributed by atoms with E-state index in [0.717, 1.165) is 5.57 Å². The van der Waals surface area contributed by atoms with Gasteiger partial charge in [-0.3, -0.25) is 10.1 Å². The Morgan fingerprint density at radius 3 is 2.65 bits per heavy atom. The smallest absolute Gasteiger partial charge is 0.334 e. The molecule has 0 atom stereocenters. The van der Waals surface area contributed by atoms with E-state index in [2.05, 4.69) is 11.7 Å². The fourth-order valence-electron chi connectivity index (χ4n) is 1.89. The molecule has 1 rings (SSSR count). The number of nitro groups is 1. The summed E-state index contributed by atoms with van der Waals surface area (Å²) >= 11 is 0. The third kappa shape index (κ3) is 2.64. The molecule has 0 fully saturated rings. The molecule has 0 bridgehead atoms. The summed E-state index contributed by atoms with van der Waals surface area (Å²) < 4.78 is 1.56. The second kappa shape index (κ2) is 4.99. The number of anilines is 1. The Morgan fingerprint density at radius 2 is 2.24 bits per heavy atom. The molecule has 0 saturated heterocycles. The highest BCUT2D eigenvalue weighted by molar-refractivity contribution is 5.61. The van der Waals surface area contributed by atoms with Crippen molar-refractivity contribution < 1.29 is 4.92 Å². The third-order valence-corrected chi connectivity index (χ3v) is 2.45. The molecular weight excluding hydrogens is 220 g/mol. The highest BCUT2D eigenvalue weighted by Crippen LogP contribution is 2.31. The Labute approximate surface area is 101 Å². The average molecular weight is 238 g/mol. The van der Waals surface area contributed by atoms with Gasteiger partial charge in [0.15, 0.2) is 0 Å². The van der Waals surface area contributed by atoms with Gasteiger partial charge in [-0.2, -0.15) is 5.10 Å². The van der Waals surface area contributed by atoms with Crippen LogP contribution in [0.15, 0.2) is 12.2 Å². The molecule has 0 aliphatic rings. The van der Waals surface area contributed by atoms with E-state index in [1.54, 1.807) is 23.7 Å². The largest absolute Gasteiger partial charge is 0.350 e. The van der Waals surface area contributed by atoms with Gasteiger partial charge in [0.2, 0.25) is 5.82 Å². The van der Waals surface area contributed by atoms with Gasteiger partial charge < -0.3 is 4.90 Å². The van der Waals surface area contributed by atoms with Crippen molar-refractivity contribution in [3.8, 4) is 0 Å². The molecule has 0 aliphatic carbocycles. The first-order chi connectivity index (χ1) is 7.88. The van der Waals surface area contributed by atoms with Gasteiger partial charge >= 0.3 is 5.69 Å². The van der Waals surface area contributed by atoms with Crippen LogP contribution < -0.4 is 4.90 Å². The highest BCUT2D eigenvalue weighted by atomic mass is 16.6. The minimum atomic E-state index is -0.365. The molecule has 0 N–H and O–H groups in total. The van der Waals surface area contributed by atoms with Crippen LogP contribution in [0.3, 0.4) is 0 Å². The van der Waals surface area contributed by atoms with Crippen LogP contribution in [0, 0.1) is 10.1 Å². The summed E-state index contributed by atoms with van der Waals surface area (Å²) in [5.74, 6) is 0.523. The van der Waals surface area contributed by atoms with Gasteiger partial charge in [-0.25, -0.2) is 4.68 Å². The molecule has 1 aromatic heterocycles. The lowest BCUT2D eigenvalue weighted by Gasteiger charge is -2.18. The van der Waals surface area contributed by atoms with Crippen LogP contribution in [0.1, 0.15) is 19.5 Å². The Bertz CT molecular complexity index is 451. The molecule has 1 aromatic rings. The molecule has 17 heavy (non-hydrogen) atoms. The first-order valence-electron chi connectivity index (χ1n) is 5.44. The second-order valence-corrected chi connectivity index (χ2v) is 4.17. The fourth-order valence-corrected chi connectivity index (χ4v) is 1.89. The number of likely N-dealkylation sites (N-methyl/N-ethyl adjacent to an activating group) is 1. The lowest BCUT2D eigenvalue weighted by atomic mass is 10.2. The lowest BCUT2D eigenvalue weighted by molar-refractivity contribution is -0.384. The van der Waals surface area contributed by atoms with E-state index in [9.17, 15) is 10.1 Å². The first kappa shape index (κ1) is 13.2. The summed E-state index contributed by atoms with van der Waals surface area (Å²) in [6.45, 7) is 8.13. The first-order valence-corrected chi connectivity index (χ1v) is 5.44. The van der Waals surface area contributed by atoms with Gasteiger partial charge in [0, 0.05) is 20.6 Å². The molecule has 6 heteroatoms. The predicted octanol–water partition coefficient (Wildman–Crippen LogP) is 1.90. The van der Waals surface area contributed by atoms with Crippen molar-refractivity contribution in [2.45, 2.75) is 20.3 Å². The fraction of sp³-hybridized carbons (Fsp3) is 0.545. The van der Waals surface area contributed by atoms with Gasteiger partial charge in [-0.05, 0) is 13.3 Å². The zero-order chi connectivity index (χ0) is 13.2. The van der Waals surface area contributed by atoms with Crippen molar-refractivity contribution in [3.63, 3.8) is 0 Å². The van der Waals surface area contributed by atoms with Crippen LogP contribution in [0.25, 0.3) is 0 Å². The van der Waals surface area contributed by atoms with E-state index in [0.29, 0.717) is 24.5 Å². The number of hydrogen-bond donors (Lipinski definition) is 0. The maximum Gasteiger partial charge on any atom is 0.334 e. The van der Waals surface area contributed by atoms with Crippen molar-refractivity contribution in [3.05, 3.63) is 28.0 Å². The lowest BCUT2D eigenvalue weighted by Crippen LogP contribution is -2.22. The van der Waals surface area contributed by atoms with Crippen molar-refractivity contribution in [2.24, 2.45) is 7.05 Å². The molecule has 0 spiro atoms. The monoisotopic (exact) mass is 238 g/mol. The van der Waals surface area contributed by atoms with Crippen LogP contribution >= 0.6 is 0 Å². The van der Waals surface area contributed by atoms with E-state index >= 15 is 0 Å². The summed E-state index contributed by atoms with van der Waals surface area (Å²) in [6.07, 6.45) is 0.547. The van der Waals surface area contributed by atoms with Crippen molar-refractivity contribution in [1.82, 2.24) is 9.78 Å². The zero-order valence-electron chi connectivity index (χ0n) is 10.7. The Morgan fingerprint density at radius 1 is 1.65 bits per heavy atom. The van der Waals surface area contributed by atoms with Gasteiger partial charge in [-0.15, -0.1) is 0 Å². The van der Waals surface area contributed by atoms with Crippen LogP contribution in [-0.4, -0.2) is 28.3 Å². The van der Waals surface area contributed by atoms with E-state index < -0.39 is 0 Å². The Kier molecular flexibility index (Phi) is 3.88. The van der Waals surface area contributed by atoms with Crippen LogP contribution in [0.4, 0.5) is 11.5 Å². The van der Waals surface area contributed by atoms with Crippen LogP contribution in [0.2, 0.25) is 0 Å². The highest BCUT2D eigenvalue weighted by Gasteiger charge is 2.27. The maximum absolute atomic E-state index is 11.1. The molecule has 0 saturated carbocycles. The second-order valence-electron chi connectivity index (χ2n) is 4.17. The van der Waals surface area contributed by atoms with Crippen molar-refractivity contribution in [2.75, 3.05) is 18.5 Å². The third-order valence-electron chi connectivity index (χ3n) is 2.45. The Hall–Kier alpha value is -1.85. The number of rotatable bonds is 5. The quantitative estimate of drug-likeness (QED) is 0.446. The Balaban J connectivity index is 3.26. The maximum atomic E-state index is 11.1. The summed E-state index contributed by atoms with van der Waals surface area (Å²) in [4.78, 5) is 12.5. The molecule has 0 aliphatic heterocycles. The minimum Gasteiger partial charge on any atom is -0.350 e. The average Bonchev–Trinajstić information content (AvgIpc) is 2.54. The topological polar surface area (TPSA) is 64.2 Å². The molecule has 1 heterocycles. The zero-order valence-corrected chi connectivity index (χ0v) is 10.7. The molecule has 0 unspecified atom stereocenters. The van der Waals surface area contributed by atoms with Gasteiger partial charge in [0.25, 0.3) is 0 Å². The van der Waals surface area contributed by atoms with E-state index in [1.165, 1.54) is 0 Å². The number of nitrogens with zero attached hydrogens (tertiary/aromatic N) is 4. The molecule has 0 amide bonds. The number of aryl methyl sites for hydroxylation is 2. The van der Waals surface area contributed by atoms with Crippen LogP contribution in [-0.2, 0) is 13.5 Å². The van der Waals surface area contributed by atoms with E-state index in [1.807, 2.05) is 13.8 Å². The molecule has 0 radical (unpaired) electrons. The standard InChI is InChI=1S/C11H18N4O2/c1-6-9-10(15(16)17)11(14(5)12-9)13(4)7-8(2)3/h2,6-7H2,1,3-5H3. The van der Waals surface area contributed by atoms with Crippen LogP contribution in [0.5, 0.6) is 0 Å². The molecule has 94 valence electrons. The summed E-state index contributed by atoms with van der Waals surface area (Å²) in [7, 11) is 3.52. The van der Waals surface area contributed by atoms with E-state index in [4.69, 9.17) is 0 Å². The predicted molar refractivity (Wildman–Crippen MR) is 67.3 cm³/mol. The summed E-state index contributed by atoms with van der Waals surface area (Å²) in [5, 5.41) is 15.3. The molecule has 6 nitrogen and oxygen atoms in total. The minimum absolute atomic E-state index is 0.0961. The van der Waals surface area contributed by atoms with Gasteiger partial charge in [0.05, 0.1) is 4.92 Å². The molecule has 0 aromatic carbocycles. The number of hydrogen-bond acceptors (Lipinski definition) is 4. The summed E-state index contributed by atoms with van der Waals surface area (Å²) in [6, 6.07) is 0. The SMILES string of the molecule is C=C(C)CN(C)c1c([N+](=O)[O-])c(CC)nn1C. The van der Waals surface area contributed by atoms with Gasteiger partial charge in [-0.1, -0.05) is 19.1 Å². The normalized spacial score (nSPS) is 10.4. The number of aromatic nitrogens is 2. The van der Waals surface area contributed by atoms with E-state index in [-0.39, 0.29) is 10.6 Å². The van der Waals surface area contributed by atoms with Gasteiger partial charge in [0.1, 0.15) is 5.69 Å². The molecular formula is C11H18N4O2. The van der Waals surface area contributed by atoms with Crippen molar-refractivity contribution in [1.29, 1.82) is 0 Å².